The van der Waals surface area contributed by atoms with Gasteiger partial charge in [0.1, 0.15) is 0 Å². The summed E-state index contributed by atoms with van der Waals surface area (Å²) in [4.78, 5) is 0. The van der Waals surface area contributed by atoms with Crippen LogP contribution in [-0.4, -0.2) is 5.11 Å². The molecule has 0 aromatic heterocycles. The Morgan fingerprint density at radius 3 is 2.33 bits per heavy atom. The van der Waals surface area contributed by atoms with Gasteiger partial charge in [0, 0.05) is 0 Å². The molecule has 98 valence electrons. The molecule has 1 N–H and O–H groups in total. The molecule has 1 heteroatoms. The number of hydrogen-bond donors (Lipinski definition) is 1. The molecule has 0 radical (unpaired) electrons. The van der Waals surface area contributed by atoms with Crippen LogP contribution in [0.5, 0.6) is 0 Å². The second-order valence-corrected chi connectivity index (χ2v) is 6.58. The normalized spacial score (nSPS) is 31.9. The van der Waals surface area contributed by atoms with Crippen molar-refractivity contribution >= 4 is 0 Å². The molecule has 1 aromatic rings. The average Bonchev–Trinajstić information content (AvgIpc) is 2.95. The molecule has 0 spiro atoms. The van der Waals surface area contributed by atoms with Gasteiger partial charge in [-0.15, -0.1) is 0 Å². The van der Waals surface area contributed by atoms with Crippen LogP contribution in [0.3, 0.4) is 0 Å². The van der Waals surface area contributed by atoms with E-state index in [4.69, 9.17) is 0 Å². The Labute approximate surface area is 110 Å². The van der Waals surface area contributed by atoms with E-state index in [1.807, 2.05) is 0 Å². The highest BCUT2D eigenvalue weighted by molar-refractivity contribution is 5.38. The molecular formula is C17H24O. The highest BCUT2D eigenvalue weighted by Gasteiger charge is 2.43. The fourth-order valence-electron chi connectivity index (χ4n) is 4.21. The molecule has 4 unspecified atom stereocenters. The zero-order chi connectivity index (χ0) is 12.9. The second-order valence-electron chi connectivity index (χ2n) is 6.58. The Morgan fingerprint density at radius 1 is 1.00 bits per heavy atom. The van der Waals surface area contributed by atoms with E-state index in [1.54, 1.807) is 0 Å². The molecule has 2 bridgehead atoms. The monoisotopic (exact) mass is 244 g/mol. The highest BCUT2D eigenvalue weighted by Crippen LogP contribution is 2.52. The SMILES string of the molecule is Cc1cc(C)c(C(O)C2CC3CCC2C3)cc1C. The van der Waals surface area contributed by atoms with Crippen molar-refractivity contribution in [1.82, 2.24) is 0 Å². The molecule has 18 heavy (non-hydrogen) atoms. The first-order valence-electron chi connectivity index (χ1n) is 7.32. The number of benzene rings is 1. The maximum Gasteiger partial charge on any atom is 0.0823 e. The number of hydrogen-bond acceptors (Lipinski definition) is 1. The Morgan fingerprint density at radius 2 is 1.72 bits per heavy atom. The van der Waals surface area contributed by atoms with E-state index in [9.17, 15) is 5.11 Å². The zero-order valence-electron chi connectivity index (χ0n) is 11.7. The third kappa shape index (κ3) is 1.89. The van der Waals surface area contributed by atoms with Crippen LogP contribution in [0.1, 0.15) is 54.0 Å². The molecule has 1 nitrogen and oxygen atoms in total. The van der Waals surface area contributed by atoms with Gasteiger partial charge in [0.2, 0.25) is 0 Å². The second kappa shape index (κ2) is 4.38. The largest absolute Gasteiger partial charge is 0.388 e. The Hall–Kier alpha value is -0.820. The Bertz CT molecular complexity index is 463. The van der Waals surface area contributed by atoms with Crippen LogP contribution in [-0.2, 0) is 0 Å². The van der Waals surface area contributed by atoms with Gasteiger partial charge in [0.15, 0.2) is 0 Å². The number of aliphatic hydroxyl groups excluding tert-OH is 1. The van der Waals surface area contributed by atoms with Gasteiger partial charge in [-0.2, -0.15) is 0 Å². The van der Waals surface area contributed by atoms with Crippen molar-refractivity contribution < 1.29 is 5.11 Å². The zero-order valence-corrected chi connectivity index (χ0v) is 11.7. The lowest BCUT2D eigenvalue weighted by atomic mass is 9.80. The van der Waals surface area contributed by atoms with Crippen LogP contribution < -0.4 is 0 Å². The summed E-state index contributed by atoms with van der Waals surface area (Å²) < 4.78 is 0. The van der Waals surface area contributed by atoms with E-state index in [0.29, 0.717) is 5.92 Å². The van der Waals surface area contributed by atoms with Crippen molar-refractivity contribution in [2.45, 2.75) is 52.6 Å². The number of fused-ring (bicyclic) bond motifs is 2. The summed E-state index contributed by atoms with van der Waals surface area (Å²) >= 11 is 0. The first kappa shape index (κ1) is 12.2. The van der Waals surface area contributed by atoms with Crippen LogP contribution in [0.2, 0.25) is 0 Å². The molecule has 2 aliphatic carbocycles. The molecule has 0 amide bonds. The molecule has 2 fully saturated rings. The summed E-state index contributed by atoms with van der Waals surface area (Å²) in [6.07, 6.45) is 5.12. The molecule has 3 rings (SSSR count). The summed E-state index contributed by atoms with van der Waals surface area (Å²) in [6.45, 7) is 6.43. The van der Waals surface area contributed by atoms with E-state index in [1.165, 1.54) is 47.9 Å². The minimum Gasteiger partial charge on any atom is -0.388 e. The van der Waals surface area contributed by atoms with Crippen LogP contribution in [0.4, 0.5) is 0 Å². The van der Waals surface area contributed by atoms with E-state index in [-0.39, 0.29) is 6.10 Å². The van der Waals surface area contributed by atoms with Gasteiger partial charge < -0.3 is 5.11 Å². The number of rotatable bonds is 2. The molecule has 2 aliphatic rings. The molecule has 0 heterocycles. The lowest BCUT2D eigenvalue weighted by Crippen LogP contribution is -2.20. The number of aryl methyl sites for hydroxylation is 3. The van der Waals surface area contributed by atoms with Crippen molar-refractivity contribution in [3.05, 3.63) is 34.4 Å². The summed E-state index contributed by atoms with van der Waals surface area (Å²) in [5.74, 6) is 2.21. The van der Waals surface area contributed by atoms with Gasteiger partial charge >= 0.3 is 0 Å². The highest BCUT2D eigenvalue weighted by atomic mass is 16.3. The fraction of sp³-hybridized carbons (Fsp3) is 0.647. The third-order valence-electron chi connectivity index (χ3n) is 5.40. The smallest absolute Gasteiger partial charge is 0.0823 e. The standard InChI is InChI=1S/C17H24O/c1-10-6-12(3)15(7-11(10)2)17(18)16-9-13-4-5-14(16)8-13/h6-7,13-14,16-18H,4-5,8-9H2,1-3H3. The van der Waals surface area contributed by atoms with Crippen molar-refractivity contribution in [3.63, 3.8) is 0 Å². The molecule has 1 aromatic carbocycles. The van der Waals surface area contributed by atoms with Gasteiger partial charge in [-0.1, -0.05) is 18.6 Å². The first-order valence-corrected chi connectivity index (χ1v) is 7.32. The van der Waals surface area contributed by atoms with Gasteiger partial charge in [-0.3, -0.25) is 0 Å². The fourth-order valence-corrected chi connectivity index (χ4v) is 4.21. The summed E-state index contributed by atoms with van der Waals surface area (Å²) in [7, 11) is 0. The Kier molecular flexibility index (Phi) is 2.97. The maximum atomic E-state index is 10.7. The van der Waals surface area contributed by atoms with Crippen molar-refractivity contribution in [2.24, 2.45) is 17.8 Å². The van der Waals surface area contributed by atoms with Gasteiger partial charge in [-0.25, -0.2) is 0 Å². The summed E-state index contributed by atoms with van der Waals surface area (Å²) in [5, 5.41) is 10.7. The lowest BCUT2D eigenvalue weighted by Gasteiger charge is -2.28. The molecular weight excluding hydrogens is 220 g/mol. The minimum absolute atomic E-state index is 0.236. The van der Waals surface area contributed by atoms with E-state index < -0.39 is 0 Å². The Balaban J connectivity index is 1.88. The van der Waals surface area contributed by atoms with Gasteiger partial charge in [0.05, 0.1) is 6.10 Å². The molecule has 4 atom stereocenters. The topological polar surface area (TPSA) is 20.2 Å². The summed E-state index contributed by atoms with van der Waals surface area (Å²) in [6, 6.07) is 4.43. The maximum absolute atomic E-state index is 10.7. The van der Waals surface area contributed by atoms with Crippen LogP contribution >= 0.6 is 0 Å². The van der Waals surface area contributed by atoms with Crippen molar-refractivity contribution in [1.29, 1.82) is 0 Å². The van der Waals surface area contributed by atoms with Crippen LogP contribution in [0.25, 0.3) is 0 Å². The van der Waals surface area contributed by atoms with E-state index in [0.717, 1.165) is 11.8 Å². The summed E-state index contributed by atoms with van der Waals surface area (Å²) in [5.41, 5.74) is 5.07. The van der Waals surface area contributed by atoms with Gasteiger partial charge in [0.25, 0.3) is 0 Å². The van der Waals surface area contributed by atoms with Crippen molar-refractivity contribution in [3.8, 4) is 0 Å². The first-order chi connectivity index (χ1) is 8.56. The minimum atomic E-state index is -0.236. The molecule has 0 saturated heterocycles. The quantitative estimate of drug-likeness (QED) is 0.831. The molecule has 2 saturated carbocycles. The average molecular weight is 244 g/mol. The number of aliphatic hydroxyl groups is 1. The molecule has 0 aliphatic heterocycles. The van der Waals surface area contributed by atoms with Crippen LogP contribution in [0, 0.1) is 38.5 Å². The predicted octanol–water partition coefficient (Wildman–Crippen LogP) is 4.08. The predicted molar refractivity (Wildman–Crippen MR) is 74.6 cm³/mol. The lowest BCUT2D eigenvalue weighted by molar-refractivity contribution is 0.0739. The third-order valence-corrected chi connectivity index (χ3v) is 5.40. The van der Waals surface area contributed by atoms with Gasteiger partial charge in [-0.05, 0) is 80.0 Å². The van der Waals surface area contributed by atoms with Crippen molar-refractivity contribution in [2.75, 3.05) is 0 Å². The van der Waals surface area contributed by atoms with Crippen LogP contribution in [0.15, 0.2) is 12.1 Å². The van der Waals surface area contributed by atoms with E-state index >= 15 is 0 Å². The van der Waals surface area contributed by atoms with E-state index in [2.05, 4.69) is 32.9 Å².